The van der Waals surface area contributed by atoms with Crippen LogP contribution < -0.4 is 5.73 Å². The van der Waals surface area contributed by atoms with E-state index in [-0.39, 0.29) is 0 Å². The molecule has 0 spiro atoms. The van der Waals surface area contributed by atoms with E-state index in [9.17, 15) is 0 Å². The zero-order chi connectivity index (χ0) is 12.6. The molecule has 1 nitrogen and oxygen atoms in total. The van der Waals surface area contributed by atoms with E-state index in [1.807, 2.05) is 0 Å². The highest BCUT2D eigenvalue weighted by molar-refractivity contribution is 7.20. The number of hydrogen-bond acceptors (Lipinski definition) is 2. The molecule has 0 aliphatic carbocycles. The molecule has 1 unspecified atom stereocenters. The minimum Gasteiger partial charge on any atom is -0.320 e. The van der Waals surface area contributed by atoms with Crippen molar-refractivity contribution >= 4 is 57.7 Å². The Morgan fingerprint density at radius 2 is 1.71 bits per heavy atom. The lowest BCUT2D eigenvalue weighted by Gasteiger charge is -2.13. The van der Waals surface area contributed by atoms with Crippen molar-refractivity contribution in [2.45, 2.75) is 6.04 Å². The van der Waals surface area contributed by atoms with Crippen molar-refractivity contribution in [3.05, 3.63) is 54.1 Å². The number of thiophene rings is 1. The van der Waals surface area contributed by atoms with Gasteiger partial charge in [0, 0.05) is 15.6 Å². The Balaban J connectivity index is 2.43. The fourth-order valence-electron chi connectivity index (χ4n) is 1.49. The van der Waals surface area contributed by atoms with Gasteiger partial charge < -0.3 is 5.73 Å². The van der Waals surface area contributed by atoms with Crippen LogP contribution in [0.1, 0.15) is 17.2 Å². The first-order valence-corrected chi connectivity index (χ1v) is 6.97. The molecule has 0 fully saturated rings. The maximum atomic E-state index is 6.12. The standard InChI is InChI=1S/C11H7Cl4NS/c12-5-1-2-6(8(13)3-5)10(16)7-4-9(14)17-11(7)15/h1-4,10H,16H2. The second-order valence-corrected chi connectivity index (χ2v) is 6.55. The molecular formula is C11H7Cl4NS. The molecule has 0 saturated heterocycles. The van der Waals surface area contributed by atoms with Crippen molar-refractivity contribution < 1.29 is 0 Å². The maximum Gasteiger partial charge on any atom is 0.0995 e. The van der Waals surface area contributed by atoms with Crippen LogP contribution in [0.5, 0.6) is 0 Å². The van der Waals surface area contributed by atoms with E-state index in [0.29, 0.717) is 18.7 Å². The third-order valence-electron chi connectivity index (χ3n) is 2.32. The molecule has 2 N–H and O–H groups in total. The van der Waals surface area contributed by atoms with Crippen molar-refractivity contribution in [3.63, 3.8) is 0 Å². The highest BCUT2D eigenvalue weighted by Gasteiger charge is 2.18. The van der Waals surface area contributed by atoms with Crippen molar-refractivity contribution in [2.24, 2.45) is 5.73 Å². The summed E-state index contributed by atoms with van der Waals surface area (Å²) in [6, 6.07) is 6.53. The van der Waals surface area contributed by atoms with Gasteiger partial charge in [0.2, 0.25) is 0 Å². The monoisotopic (exact) mass is 325 g/mol. The quantitative estimate of drug-likeness (QED) is 0.784. The van der Waals surface area contributed by atoms with Crippen LogP contribution in [0.3, 0.4) is 0 Å². The predicted molar refractivity (Wildman–Crippen MR) is 76.8 cm³/mol. The second kappa shape index (κ2) is 5.35. The molecule has 1 aromatic heterocycles. The molecule has 0 aliphatic rings. The maximum absolute atomic E-state index is 6.12. The fraction of sp³-hybridized carbons (Fsp3) is 0.0909. The van der Waals surface area contributed by atoms with E-state index < -0.39 is 6.04 Å². The summed E-state index contributed by atoms with van der Waals surface area (Å²) in [4.78, 5) is 0. The van der Waals surface area contributed by atoms with Crippen molar-refractivity contribution in [3.8, 4) is 0 Å². The lowest BCUT2D eigenvalue weighted by molar-refractivity contribution is 0.877. The first-order chi connectivity index (χ1) is 7.99. The summed E-state index contributed by atoms with van der Waals surface area (Å²) in [6.45, 7) is 0. The molecule has 1 atom stereocenters. The van der Waals surface area contributed by atoms with Gasteiger partial charge in [-0.25, -0.2) is 0 Å². The molecule has 0 radical (unpaired) electrons. The largest absolute Gasteiger partial charge is 0.320 e. The van der Waals surface area contributed by atoms with Crippen LogP contribution in [0, 0.1) is 0 Å². The molecule has 0 saturated carbocycles. The molecular weight excluding hydrogens is 320 g/mol. The Bertz CT molecular complexity index is 552. The summed E-state index contributed by atoms with van der Waals surface area (Å²) < 4.78 is 1.18. The number of halogens is 4. The van der Waals surface area contributed by atoms with Gasteiger partial charge in [-0.2, -0.15) is 0 Å². The number of benzene rings is 1. The van der Waals surface area contributed by atoms with Crippen molar-refractivity contribution in [1.29, 1.82) is 0 Å². The van der Waals surface area contributed by atoms with Gasteiger partial charge in [0.25, 0.3) is 0 Å². The first-order valence-electron chi connectivity index (χ1n) is 4.64. The number of hydrogen-bond donors (Lipinski definition) is 1. The van der Waals surface area contributed by atoms with Crippen LogP contribution >= 0.6 is 57.7 Å². The van der Waals surface area contributed by atoms with E-state index in [1.54, 1.807) is 24.3 Å². The normalized spacial score (nSPS) is 12.8. The average Bonchev–Trinajstić information content (AvgIpc) is 2.57. The summed E-state index contributed by atoms with van der Waals surface area (Å²) in [5, 5.41) is 1.09. The summed E-state index contributed by atoms with van der Waals surface area (Å²) in [5.41, 5.74) is 7.66. The van der Waals surface area contributed by atoms with Crippen LogP contribution in [0.2, 0.25) is 18.7 Å². The molecule has 2 aromatic rings. The lowest BCUT2D eigenvalue weighted by Crippen LogP contribution is -2.11. The third kappa shape index (κ3) is 2.90. The minimum atomic E-state index is -0.406. The van der Waals surface area contributed by atoms with Gasteiger partial charge in [-0.3, -0.25) is 0 Å². The zero-order valence-corrected chi connectivity index (χ0v) is 12.2. The lowest BCUT2D eigenvalue weighted by atomic mass is 10.0. The van der Waals surface area contributed by atoms with Gasteiger partial charge >= 0.3 is 0 Å². The van der Waals surface area contributed by atoms with E-state index in [0.717, 1.165) is 11.1 Å². The SMILES string of the molecule is NC(c1ccc(Cl)cc1Cl)c1cc(Cl)sc1Cl. The van der Waals surface area contributed by atoms with E-state index in [4.69, 9.17) is 52.1 Å². The van der Waals surface area contributed by atoms with Crippen LogP contribution in [-0.2, 0) is 0 Å². The molecule has 17 heavy (non-hydrogen) atoms. The highest BCUT2D eigenvalue weighted by Crippen LogP contribution is 2.38. The molecule has 2 rings (SSSR count). The molecule has 0 bridgehead atoms. The van der Waals surface area contributed by atoms with Crippen LogP contribution in [0.25, 0.3) is 0 Å². The van der Waals surface area contributed by atoms with Crippen molar-refractivity contribution in [2.75, 3.05) is 0 Å². The van der Waals surface area contributed by atoms with Gasteiger partial charge in [0.1, 0.15) is 0 Å². The molecule has 0 aliphatic heterocycles. The Morgan fingerprint density at radius 3 is 2.24 bits per heavy atom. The van der Waals surface area contributed by atoms with Gasteiger partial charge in [-0.1, -0.05) is 52.5 Å². The van der Waals surface area contributed by atoms with Crippen LogP contribution in [-0.4, -0.2) is 0 Å². The minimum absolute atomic E-state index is 0.406. The van der Waals surface area contributed by atoms with Crippen LogP contribution in [0.15, 0.2) is 24.3 Å². The van der Waals surface area contributed by atoms with E-state index in [1.165, 1.54) is 11.3 Å². The molecule has 90 valence electrons. The Hall–Kier alpha value is 0.0400. The third-order valence-corrected chi connectivity index (χ3v) is 4.40. The topological polar surface area (TPSA) is 26.0 Å². The summed E-state index contributed by atoms with van der Waals surface area (Å²) in [6.07, 6.45) is 0. The Kier molecular flexibility index (Phi) is 4.24. The van der Waals surface area contributed by atoms with Gasteiger partial charge in [-0.05, 0) is 23.8 Å². The van der Waals surface area contributed by atoms with Gasteiger partial charge in [-0.15, -0.1) is 11.3 Å². The predicted octanol–water partition coefficient (Wildman–Crippen LogP) is 5.41. The van der Waals surface area contributed by atoms with E-state index >= 15 is 0 Å². The first kappa shape index (κ1) is 13.5. The summed E-state index contributed by atoms with van der Waals surface area (Å²) >= 11 is 25.2. The summed E-state index contributed by atoms with van der Waals surface area (Å²) in [7, 11) is 0. The summed E-state index contributed by atoms with van der Waals surface area (Å²) in [5.74, 6) is 0. The second-order valence-electron chi connectivity index (χ2n) is 3.42. The highest BCUT2D eigenvalue weighted by atomic mass is 35.5. The number of rotatable bonds is 2. The Labute approximate surface area is 123 Å². The van der Waals surface area contributed by atoms with Gasteiger partial charge in [0.05, 0.1) is 14.7 Å². The smallest absolute Gasteiger partial charge is 0.0995 e. The molecule has 6 heteroatoms. The average molecular weight is 327 g/mol. The Morgan fingerprint density at radius 1 is 1.00 bits per heavy atom. The zero-order valence-electron chi connectivity index (χ0n) is 8.38. The van der Waals surface area contributed by atoms with Crippen molar-refractivity contribution in [1.82, 2.24) is 0 Å². The fourth-order valence-corrected chi connectivity index (χ4v) is 3.56. The van der Waals surface area contributed by atoms with Crippen LogP contribution in [0.4, 0.5) is 0 Å². The van der Waals surface area contributed by atoms with Gasteiger partial charge in [0.15, 0.2) is 0 Å². The molecule has 0 amide bonds. The molecule has 1 aromatic carbocycles. The number of nitrogens with two attached hydrogens (primary N) is 1. The molecule has 1 heterocycles. The van der Waals surface area contributed by atoms with E-state index in [2.05, 4.69) is 0 Å².